The van der Waals surface area contributed by atoms with Gasteiger partial charge in [0, 0.05) is 38.7 Å². The van der Waals surface area contributed by atoms with Gasteiger partial charge in [0.05, 0.1) is 0 Å². The van der Waals surface area contributed by atoms with Crippen molar-refractivity contribution < 1.29 is 0 Å². The number of nitrogens with one attached hydrogen (secondary N) is 1. The minimum atomic E-state index is 0.326. The highest BCUT2D eigenvalue weighted by molar-refractivity contribution is 6.22. The summed E-state index contributed by atoms with van der Waals surface area (Å²) in [5.74, 6) is 2.56. The van der Waals surface area contributed by atoms with Crippen molar-refractivity contribution in [3.63, 3.8) is 0 Å². The second kappa shape index (κ2) is 7.55. The van der Waals surface area contributed by atoms with Crippen LogP contribution in [0.2, 0.25) is 0 Å². The van der Waals surface area contributed by atoms with Gasteiger partial charge >= 0.3 is 0 Å². The fourth-order valence-electron chi connectivity index (χ4n) is 3.81. The minimum absolute atomic E-state index is 0.326. The van der Waals surface area contributed by atoms with Gasteiger partial charge in [-0.15, -0.1) is 0 Å². The Morgan fingerprint density at radius 3 is 2.09 bits per heavy atom. The number of benzene rings is 3. The van der Waals surface area contributed by atoms with Crippen molar-refractivity contribution in [1.29, 1.82) is 0 Å². The molecule has 2 heterocycles. The number of aliphatic imine (C=N–C) groups is 3. The number of aromatic amines is 1. The summed E-state index contributed by atoms with van der Waals surface area (Å²) in [6, 6.07) is 23.1. The summed E-state index contributed by atoms with van der Waals surface area (Å²) < 4.78 is 0. The highest BCUT2D eigenvalue weighted by Gasteiger charge is 2.20. The van der Waals surface area contributed by atoms with E-state index in [-0.39, 0.29) is 0 Å². The Kier molecular flexibility index (Phi) is 4.56. The van der Waals surface area contributed by atoms with E-state index in [9.17, 15) is 0 Å². The predicted octanol–water partition coefficient (Wildman–Crippen LogP) is 3.93. The highest BCUT2D eigenvalue weighted by atomic mass is 15.1. The summed E-state index contributed by atoms with van der Waals surface area (Å²) in [4.78, 5) is 17.2. The van der Waals surface area contributed by atoms with Crippen LogP contribution < -0.4 is 17.2 Å². The molecule has 0 atom stereocenters. The van der Waals surface area contributed by atoms with Gasteiger partial charge in [-0.1, -0.05) is 79.4 Å². The smallest absolute Gasteiger partial charge is 0.164 e. The van der Waals surface area contributed by atoms with E-state index < -0.39 is 0 Å². The van der Waals surface area contributed by atoms with Crippen LogP contribution in [-0.4, -0.2) is 22.5 Å². The molecule has 7 N–H and O–H groups in total. The number of aromatic nitrogens is 1. The van der Waals surface area contributed by atoms with Crippen molar-refractivity contribution in [2.45, 2.75) is 0 Å². The summed E-state index contributed by atoms with van der Waals surface area (Å²) in [7, 11) is 0. The van der Waals surface area contributed by atoms with Crippen molar-refractivity contribution >= 4 is 45.6 Å². The maximum Gasteiger partial charge on any atom is 0.164 e. The molecule has 0 saturated carbocycles. The molecule has 1 aliphatic rings. The summed E-state index contributed by atoms with van der Waals surface area (Å²) in [6.45, 7) is 3.83. The molecule has 1 aliphatic heterocycles. The van der Waals surface area contributed by atoms with E-state index in [4.69, 9.17) is 22.2 Å². The number of nitrogens with zero attached hydrogens (tertiary/aromatic N) is 3. The molecule has 0 spiro atoms. The Hall–Kier alpha value is -4.65. The molecule has 4 aromatic rings. The maximum atomic E-state index is 6.37. The van der Waals surface area contributed by atoms with Crippen molar-refractivity contribution in [2.75, 3.05) is 0 Å². The van der Waals surface area contributed by atoms with Crippen LogP contribution in [0.15, 0.2) is 94.4 Å². The lowest BCUT2D eigenvalue weighted by molar-refractivity contribution is 1.29. The zero-order chi connectivity index (χ0) is 22.2. The zero-order valence-corrected chi connectivity index (χ0v) is 17.2. The summed E-state index contributed by atoms with van der Waals surface area (Å²) in [5.41, 5.74) is 22.0. The molecule has 32 heavy (non-hydrogen) atoms. The van der Waals surface area contributed by atoms with Crippen LogP contribution >= 0.6 is 0 Å². The average molecular weight is 419 g/mol. The first-order valence-electron chi connectivity index (χ1n) is 10.0. The van der Waals surface area contributed by atoms with E-state index >= 15 is 0 Å². The molecule has 0 radical (unpaired) electrons. The summed E-state index contributed by atoms with van der Waals surface area (Å²) in [6.07, 6.45) is 0. The topological polar surface area (TPSA) is 131 Å². The van der Waals surface area contributed by atoms with Crippen LogP contribution in [0.5, 0.6) is 0 Å². The first kappa shape index (κ1) is 19.3. The quantitative estimate of drug-likeness (QED) is 0.295. The third kappa shape index (κ3) is 3.22. The molecule has 0 bridgehead atoms. The van der Waals surface area contributed by atoms with E-state index in [2.05, 4.69) is 21.5 Å². The van der Waals surface area contributed by atoms with Crippen molar-refractivity contribution in [1.82, 2.24) is 4.98 Å². The van der Waals surface area contributed by atoms with Crippen LogP contribution in [0.4, 0.5) is 11.6 Å². The molecular weight excluding hydrogens is 398 g/mol. The van der Waals surface area contributed by atoms with Gasteiger partial charge in [-0.25, -0.2) is 15.0 Å². The molecule has 5 rings (SSSR count). The first-order valence-corrected chi connectivity index (χ1v) is 10.0. The monoisotopic (exact) mass is 419 g/mol. The van der Waals surface area contributed by atoms with Gasteiger partial charge in [0.25, 0.3) is 0 Å². The van der Waals surface area contributed by atoms with Crippen LogP contribution in [0.25, 0.3) is 16.5 Å². The molecule has 0 aliphatic carbocycles. The number of H-pyrrole nitrogens is 1. The van der Waals surface area contributed by atoms with Gasteiger partial charge < -0.3 is 22.2 Å². The second-order valence-corrected chi connectivity index (χ2v) is 7.41. The van der Waals surface area contributed by atoms with Gasteiger partial charge in [-0.3, -0.25) is 0 Å². The van der Waals surface area contributed by atoms with Gasteiger partial charge in [0.1, 0.15) is 23.3 Å². The van der Waals surface area contributed by atoms with E-state index in [1.807, 2.05) is 72.8 Å². The van der Waals surface area contributed by atoms with Gasteiger partial charge in [0.2, 0.25) is 0 Å². The van der Waals surface area contributed by atoms with E-state index in [1.54, 1.807) is 0 Å². The van der Waals surface area contributed by atoms with E-state index in [1.165, 1.54) is 0 Å². The Balaban J connectivity index is 1.64. The lowest BCUT2D eigenvalue weighted by Crippen LogP contribution is -2.16. The van der Waals surface area contributed by atoms with E-state index in [0.29, 0.717) is 40.4 Å². The summed E-state index contributed by atoms with van der Waals surface area (Å²) in [5, 5.41) is 1.79. The standard InChI is InChI=1S/C25H21N7/c1-14(26)15-8-2-3-9-16(15)21(27)29-24-19-12-6-7-13-20(19)25(32-24)31-23-18-11-5-4-10-17(18)22(28)30-23/h2-13,32H,1,26H2,(H2,27,29)(H2,28,30,31). The highest BCUT2D eigenvalue weighted by Crippen LogP contribution is 2.35. The third-order valence-electron chi connectivity index (χ3n) is 5.34. The maximum absolute atomic E-state index is 6.37. The Bertz CT molecular complexity index is 1470. The molecule has 0 fully saturated rings. The lowest BCUT2D eigenvalue weighted by Gasteiger charge is -2.08. The number of amidine groups is 3. The number of hydrogen-bond donors (Lipinski definition) is 4. The molecule has 0 amide bonds. The molecule has 0 unspecified atom stereocenters. The van der Waals surface area contributed by atoms with Crippen LogP contribution in [-0.2, 0) is 0 Å². The molecule has 7 heteroatoms. The minimum Gasteiger partial charge on any atom is -0.399 e. The Labute approximate surface area is 184 Å². The predicted molar refractivity (Wildman–Crippen MR) is 132 cm³/mol. The van der Waals surface area contributed by atoms with Crippen molar-refractivity contribution in [3.05, 3.63) is 102 Å². The SMILES string of the molecule is C=C(N)c1ccccc1/C(N)=N/c1[nH]c(/N=C2\N=C(N)c3ccccc32)c2ccccc12. The van der Waals surface area contributed by atoms with Gasteiger partial charge in [0.15, 0.2) is 5.84 Å². The van der Waals surface area contributed by atoms with Crippen LogP contribution in [0.1, 0.15) is 22.3 Å². The van der Waals surface area contributed by atoms with Crippen LogP contribution in [0.3, 0.4) is 0 Å². The van der Waals surface area contributed by atoms with Gasteiger partial charge in [-0.2, -0.15) is 0 Å². The fraction of sp³-hybridized carbons (Fsp3) is 0. The largest absolute Gasteiger partial charge is 0.399 e. The van der Waals surface area contributed by atoms with Crippen LogP contribution in [0, 0.1) is 0 Å². The van der Waals surface area contributed by atoms with Crippen molar-refractivity contribution in [3.8, 4) is 0 Å². The first-order chi connectivity index (χ1) is 15.5. The molecule has 0 saturated heterocycles. The Morgan fingerprint density at radius 1 is 0.781 bits per heavy atom. The third-order valence-corrected chi connectivity index (χ3v) is 5.34. The molecule has 156 valence electrons. The second-order valence-electron chi connectivity index (χ2n) is 7.41. The normalized spacial score (nSPS) is 14.6. The molecule has 3 aromatic carbocycles. The van der Waals surface area contributed by atoms with E-state index in [0.717, 1.165) is 27.5 Å². The lowest BCUT2D eigenvalue weighted by atomic mass is 10.0. The Morgan fingerprint density at radius 2 is 1.38 bits per heavy atom. The number of hydrogen-bond acceptors (Lipinski definition) is 4. The molecular formula is C25H21N7. The number of nitrogens with two attached hydrogens (primary N) is 3. The van der Waals surface area contributed by atoms with Gasteiger partial charge in [-0.05, 0) is 0 Å². The average Bonchev–Trinajstić information content (AvgIpc) is 3.31. The zero-order valence-electron chi connectivity index (χ0n) is 17.2. The fourth-order valence-corrected chi connectivity index (χ4v) is 3.81. The summed E-state index contributed by atoms with van der Waals surface area (Å²) >= 11 is 0. The molecule has 1 aromatic heterocycles. The number of fused-ring (bicyclic) bond motifs is 2. The molecule has 7 nitrogen and oxygen atoms in total. The van der Waals surface area contributed by atoms with Crippen molar-refractivity contribution in [2.24, 2.45) is 32.2 Å². The number of rotatable bonds is 4.